The van der Waals surface area contributed by atoms with Crippen LogP contribution in [0.4, 0.5) is 9.59 Å². The third kappa shape index (κ3) is 21.4. The number of carbonyl (C=O) groups is 8. The fraction of sp³-hybridized carbons (Fsp3) is 0.544. The van der Waals surface area contributed by atoms with E-state index in [0.29, 0.717) is 16.9 Å². The Bertz CT molecular complexity index is 2390. The van der Waals surface area contributed by atoms with Crippen molar-refractivity contribution in [2.45, 2.75) is 163 Å². The van der Waals surface area contributed by atoms with Gasteiger partial charge in [-0.1, -0.05) is 114 Å². The van der Waals surface area contributed by atoms with E-state index in [1.54, 1.807) is 109 Å². The van der Waals surface area contributed by atoms with Gasteiger partial charge >= 0.3 is 30.1 Å². The number of alkyl carbamates (subject to hydrolysis) is 1. The summed E-state index contributed by atoms with van der Waals surface area (Å²) in [6.07, 6.45) is -6.97. The number of hydrogen-bond acceptors (Lipinski definition) is 15. The van der Waals surface area contributed by atoms with Crippen LogP contribution in [-0.2, 0) is 72.1 Å². The van der Waals surface area contributed by atoms with Crippen LogP contribution in [0.15, 0.2) is 84.9 Å². The summed E-state index contributed by atoms with van der Waals surface area (Å²) < 4.78 is 33.3. The summed E-state index contributed by atoms with van der Waals surface area (Å²) in [5.41, 5.74) is 1.08. The highest BCUT2D eigenvalue weighted by Gasteiger charge is 2.40. The highest BCUT2D eigenvalue weighted by Crippen LogP contribution is 2.20. The number of aliphatic hydroxyl groups is 1. The number of benzene rings is 3. The van der Waals surface area contributed by atoms with Gasteiger partial charge in [0.05, 0.1) is 25.7 Å². The molecule has 20 nitrogen and oxygen atoms in total. The largest absolute Gasteiger partial charge is 0.497 e. The number of carbonyl (C=O) groups excluding carboxylic acids is 8. The SMILES string of the molecule is COc1ccc(C[C@@H](C(=O)O[C@H](C)[C@H](NC(=O)OC(C)(C)C)C(=O)N[C@H](C(C)C)[C@@H](O)CC(=O)O[C@H](C(=O)N[C@@H](CC(C)C)C(=O)N(C)[C@@H](C)C(=O)OCc2ccccc2)C(C)C)N(C)C(=O)OCc2ccccc2)cc1. The minimum atomic E-state index is -1.66. The Morgan fingerprint density at radius 3 is 1.70 bits per heavy atom. The number of aliphatic hydroxyl groups excluding tert-OH is 1. The Labute approximate surface area is 453 Å². The predicted molar refractivity (Wildman–Crippen MR) is 286 cm³/mol. The standard InChI is InChI=1S/C57H81N5O15/c1-34(2)29-43(52(67)61(12)37(7)53(68)73-32-40-21-17-15-18-22-40)58-51(66)49(36(5)6)76-46(64)31-45(63)47(35(3)4)59-50(65)48(60-55(70)77-57(9,10)11)38(8)75-54(69)44(30-39-25-27-42(72-14)28-26-39)62(13)56(71)74-33-41-23-19-16-20-24-41/h15-28,34-38,43-45,47-49,63H,29-33H2,1-14H3,(H,58,66)(H,59,65)(H,60,70)/t37-,38+,43-,44-,45-,47+,48-,49-/m0/s1. The Balaban J connectivity index is 1.81. The molecule has 4 N–H and O–H groups in total. The highest BCUT2D eigenvalue weighted by molar-refractivity contribution is 5.92. The van der Waals surface area contributed by atoms with Crippen molar-refractivity contribution in [3.63, 3.8) is 0 Å². The Morgan fingerprint density at radius 2 is 1.19 bits per heavy atom. The zero-order valence-corrected chi connectivity index (χ0v) is 47.0. The molecule has 77 heavy (non-hydrogen) atoms. The molecule has 0 bridgehead atoms. The molecule has 0 aromatic heterocycles. The third-order valence-electron chi connectivity index (χ3n) is 12.3. The second-order valence-electron chi connectivity index (χ2n) is 21.1. The lowest BCUT2D eigenvalue weighted by Gasteiger charge is -2.33. The quantitative estimate of drug-likeness (QED) is 0.0484. The molecule has 8 atom stereocenters. The predicted octanol–water partition coefficient (Wildman–Crippen LogP) is 6.28. The second kappa shape index (κ2) is 30.5. The number of amides is 5. The lowest BCUT2D eigenvalue weighted by atomic mass is 9.95. The van der Waals surface area contributed by atoms with Crippen LogP contribution in [-0.4, -0.2) is 138 Å². The molecule has 424 valence electrons. The highest BCUT2D eigenvalue weighted by atomic mass is 16.6. The third-order valence-corrected chi connectivity index (χ3v) is 12.3. The van der Waals surface area contributed by atoms with Crippen molar-refractivity contribution in [2.24, 2.45) is 17.8 Å². The fourth-order valence-corrected chi connectivity index (χ4v) is 7.80. The van der Waals surface area contributed by atoms with Gasteiger partial charge in [-0.15, -0.1) is 0 Å². The first-order chi connectivity index (χ1) is 36.1. The van der Waals surface area contributed by atoms with E-state index in [4.69, 9.17) is 28.4 Å². The summed E-state index contributed by atoms with van der Waals surface area (Å²) in [4.78, 5) is 112. The average Bonchev–Trinajstić information content (AvgIpc) is 3.37. The van der Waals surface area contributed by atoms with Gasteiger partial charge in [0.1, 0.15) is 54.8 Å². The molecule has 0 radical (unpaired) electrons. The van der Waals surface area contributed by atoms with Crippen molar-refractivity contribution in [1.82, 2.24) is 25.8 Å². The number of hydrogen-bond donors (Lipinski definition) is 4. The first kappa shape index (κ1) is 64.1. The number of nitrogens with zero attached hydrogens (tertiary/aromatic N) is 2. The van der Waals surface area contributed by atoms with Crippen LogP contribution in [0, 0.1) is 17.8 Å². The summed E-state index contributed by atoms with van der Waals surface area (Å²) in [6, 6.07) is 18.5. The van der Waals surface area contributed by atoms with Gasteiger partial charge in [0, 0.05) is 20.5 Å². The minimum absolute atomic E-state index is 0.00480. The van der Waals surface area contributed by atoms with E-state index in [1.807, 2.05) is 38.1 Å². The first-order valence-electron chi connectivity index (χ1n) is 25.8. The van der Waals surface area contributed by atoms with E-state index in [2.05, 4.69) is 16.0 Å². The van der Waals surface area contributed by atoms with Crippen molar-refractivity contribution in [3.8, 4) is 5.75 Å². The number of nitrogens with one attached hydrogen (secondary N) is 3. The molecule has 3 aromatic carbocycles. The van der Waals surface area contributed by atoms with E-state index in [9.17, 15) is 43.5 Å². The number of methoxy groups -OCH3 is 1. The first-order valence-corrected chi connectivity index (χ1v) is 25.8. The zero-order chi connectivity index (χ0) is 57.7. The Morgan fingerprint density at radius 1 is 0.636 bits per heavy atom. The summed E-state index contributed by atoms with van der Waals surface area (Å²) in [6.45, 7) is 17.9. The van der Waals surface area contributed by atoms with Crippen molar-refractivity contribution in [3.05, 3.63) is 102 Å². The molecule has 3 rings (SSSR count). The van der Waals surface area contributed by atoms with Crippen LogP contribution >= 0.6 is 0 Å². The van der Waals surface area contributed by atoms with Crippen molar-refractivity contribution >= 4 is 47.8 Å². The fourth-order valence-electron chi connectivity index (χ4n) is 7.80. The molecule has 0 fully saturated rings. The molecule has 0 saturated carbocycles. The van der Waals surface area contributed by atoms with Gasteiger partial charge in [-0.05, 0) is 87.6 Å². The monoisotopic (exact) mass is 1080 g/mol. The Hall–Kier alpha value is -7.22. The van der Waals surface area contributed by atoms with Crippen LogP contribution < -0.4 is 20.7 Å². The summed E-state index contributed by atoms with van der Waals surface area (Å²) in [5, 5.41) is 19.5. The number of rotatable bonds is 27. The minimum Gasteiger partial charge on any atom is -0.497 e. The molecule has 0 aliphatic heterocycles. The van der Waals surface area contributed by atoms with Crippen molar-refractivity contribution < 1.29 is 71.9 Å². The number of ether oxygens (including phenoxy) is 6. The van der Waals surface area contributed by atoms with Gasteiger partial charge in [0.2, 0.25) is 11.8 Å². The molecular weight excluding hydrogens is 995 g/mol. The summed E-state index contributed by atoms with van der Waals surface area (Å²) in [7, 11) is 4.30. The topological polar surface area (TPSA) is 255 Å². The lowest BCUT2D eigenvalue weighted by molar-refractivity contribution is -0.162. The van der Waals surface area contributed by atoms with E-state index >= 15 is 0 Å². The van der Waals surface area contributed by atoms with Crippen LogP contribution in [0.25, 0.3) is 0 Å². The van der Waals surface area contributed by atoms with Crippen LogP contribution in [0.1, 0.15) is 106 Å². The number of likely N-dealkylation sites (N-methyl/N-ethyl adjacent to an activating group) is 2. The molecule has 20 heteroatoms. The van der Waals surface area contributed by atoms with E-state index < -0.39 is 120 Å². The summed E-state index contributed by atoms with van der Waals surface area (Å²) >= 11 is 0. The average molecular weight is 1080 g/mol. The van der Waals surface area contributed by atoms with Crippen LogP contribution in [0.5, 0.6) is 5.75 Å². The molecule has 0 aliphatic carbocycles. The molecule has 5 amide bonds. The molecule has 3 aromatic rings. The maximum atomic E-state index is 14.4. The van der Waals surface area contributed by atoms with Gasteiger partial charge in [0.15, 0.2) is 6.10 Å². The maximum Gasteiger partial charge on any atom is 0.410 e. The van der Waals surface area contributed by atoms with Gasteiger partial charge in [0.25, 0.3) is 5.91 Å². The second-order valence-corrected chi connectivity index (χ2v) is 21.1. The Kier molecular flexibility index (Phi) is 25.4. The smallest absolute Gasteiger partial charge is 0.410 e. The maximum absolute atomic E-state index is 14.4. The van der Waals surface area contributed by atoms with Crippen LogP contribution in [0.2, 0.25) is 0 Å². The van der Waals surface area contributed by atoms with Gasteiger partial charge in [-0.25, -0.2) is 19.2 Å². The normalized spacial score (nSPS) is 14.5. The molecule has 0 aliphatic rings. The summed E-state index contributed by atoms with van der Waals surface area (Å²) in [5.74, 6) is -5.62. The van der Waals surface area contributed by atoms with Crippen LogP contribution in [0.3, 0.4) is 0 Å². The van der Waals surface area contributed by atoms with E-state index in [-0.39, 0.29) is 32.0 Å². The van der Waals surface area contributed by atoms with Crippen molar-refractivity contribution in [1.29, 1.82) is 0 Å². The molecule has 0 heterocycles. The lowest BCUT2D eigenvalue weighted by Crippen LogP contribution is -2.59. The van der Waals surface area contributed by atoms with Gasteiger partial charge in [-0.3, -0.25) is 24.1 Å². The van der Waals surface area contributed by atoms with E-state index in [0.717, 1.165) is 10.5 Å². The molecule has 0 spiro atoms. The van der Waals surface area contributed by atoms with Crippen molar-refractivity contribution in [2.75, 3.05) is 21.2 Å². The van der Waals surface area contributed by atoms with Gasteiger partial charge in [-0.2, -0.15) is 0 Å². The number of esters is 3. The van der Waals surface area contributed by atoms with Gasteiger partial charge < -0.3 is 54.4 Å². The molecule has 0 unspecified atom stereocenters. The molecule has 0 saturated heterocycles. The zero-order valence-electron chi connectivity index (χ0n) is 47.0. The van der Waals surface area contributed by atoms with E-state index in [1.165, 1.54) is 40.0 Å². The molecular formula is C57H81N5O15.